The number of ether oxygens (including phenoxy) is 2. The Labute approximate surface area is 146 Å². The minimum absolute atomic E-state index is 0.0762. The lowest BCUT2D eigenvalue weighted by Gasteiger charge is -2.37. The predicted octanol–water partition coefficient (Wildman–Crippen LogP) is 3.50. The highest BCUT2D eigenvalue weighted by Gasteiger charge is 2.51. The fraction of sp³-hybridized carbons (Fsp3) is 0.333. The molecule has 2 aromatic rings. The van der Waals surface area contributed by atoms with E-state index in [9.17, 15) is 10.2 Å². The monoisotopic (exact) mass is 336 g/mol. The number of aliphatic hydroxyl groups is 1. The van der Waals surface area contributed by atoms with Crippen LogP contribution in [0.2, 0.25) is 0 Å². The van der Waals surface area contributed by atoms with Crippen LogP contribution in [0.1, 0.15) is 42.0 Å². The summed E-state index contributed by atoms with van der Waals surface area (Å²) in [5.41, 5.74) is 2.58. The van der Waals surface area contributed by atoms with Crippen LogP contribution in [-0.4, -0.2) is 22.4 Å². The molecular formula is C21H20O4. The summed E-state index contributed by atoms with van der Waals surface area (Å²) in [6.45, 7) is 4.25. The summed E-state index contributed by atoms with van der Waals surface area (Å²) in [7, 11) is 0. The summed E-state index contributed by atoms with van der Waals surface area (Å²) >= 11 is 0. The van der Waals surface area contributed by atoms with Gasteiger partial charge in [0, 0.05) is 23.1 Å². The summed E-state index contributed by atoms with van der Waals surface area (Å²) in [5, 5.41) is 21.1. The van der Waals surface area contributed by atoms with Crippen LogP contribution < -0.4 is 9.47 Å². The maximum absolute atomic E-state index is 11.4. The Balaban J connectivity index is 1.63. The zero-order valence-corrected chi connectivity index (χ0v) is 14.2. The van der Waals surface area contributed by atoms with Crippen molar-refractivity contribution in [3.8, 4) is 17.2 Å². The minimum atomic E-state index is -1.05. The summed E-state index contributed by atoms with van der Waals surface area (Å²) in [6, 6.07) is 9.22. The second-order valence-corrected chi connectivity index (χ2v) is 7.78. The van der Waals surface area contributed by atoms with E-state index in [2.05, 4.69) is 12.1 Å². The molecule has 4 nitrogen and oxygen atoms in total. The second kappa shape index (κ2) is 4.58. The van der Waals surface area contributed by atoms with E-state index in [1.807, 2.05) is 32.1 Å². The molecule has 0 radical (unpaired) electrons. The van der Waals surface area contributed by atoms with E-state index in [4.69, 9.17) is 9.47 Å². The van der Waals surface area contributed by atoms with Crippen LogP contribution >= 0.6 is 0 Å². The first-order chi connectivity index (χ1) is 11.9. The Morgan fingerprint density at radius 2 is 1.96 bits per heavy atom. The highest BCUT2D eigenvalue weighted by atomic mass is 16.5. The smallest absolute Gasteiger partial charge is 0.131 e. The molecule has 3 aliphatic rings. The third-order valence-electron chi connectivity index (χ3n) is 5.56. The van der Waals surface area contributed by atoms with Crippen LogP contribution in [0.4, 0.5) is 0 Å². The number of phenols is 1. The minimum Gasteiger partial charge on any atom is -0.508 e. The van der Waals surface area contributed by atoms with Crippen molar-refractivity contribution in [1.82, 2.24) is 0 Å². The van der Waals surface area contributed by atoms with Gasteiger partial charge in [-0.2, -0.15) is 0 Å². The van der Waals surface area contributed by atoms with Gasteiger partial charge in [-0.1, -0.05) is 12.1 Å². The molecule has 0 amide bonds. The van der Waals surface area contributed by atoms with Gasteiger partial charge in [0.15, 0.2) is 0 Å². The molecule has 5 rings (SSSR count). The number of aromatic hydroxyl groups is 1. The third-order valence-corrected chi connectivity index (χ3v) is 5.56. The van der Waals surface area contributed by atoms with Gasteiger partial charge in [0.05, 0.1) is 0 Å². The van der Waals surface area contributed by atoms with Crippen molar-refractivity contribution in [3.05, 3.63) is 58.7 Å². The first-order valence-corrected chi connectivity index (χ1v) is 8.59. The Bertz CT molecular complexity index is 928. The lowest BCUT2D eigenvalue weighted by atomic mass is 9.80. The summed E-state index contributed by atoms with van der Waals surface area (Å²) in [5.74, 6) is 1.62. The van der Waals surface area contributed by atoms with Crippen LogP contribution in [-0.2, 0) is 12.0 Å². The van der Waals surface area contributed by atoms with Gasteiger partial charge in [0.2, 0.25) is 0 Å². The number of fused-ring (bicyclic) bond motifs is 6. The summed E-state index contributed by atoms with van der Waals surface area (Å²) in [4.78, 5) is 0. The fourth-order valence-corrected chi connectivity index (χ4v) is 4.28. The van der Waals surface area contributed by atoms with Gasteiger partial charge in [-0.05, 0) is 55.7 Å². The highest BCUT2D eigenvalue weighted by molar-refractivity contribution is 5.66. The predicted molar refractivity (Wildman–Crippen MR) is 94.1 cm³/mol. The Morgan fingerprint density at radius 3 is 2.80 bits per heavy atom. The van der Waals surface area contributed by atoms with Crippen molar-refractivity contribution in [2.45, 2.75) is 37.4 Å². The van der Waals surface area contributed by atoms with Gasteiger partial charge in [-0.3, -0.25) is 0 Å². The zero-order chi connectivity index (χ0) is 17.4. The van der Waals surface area contributed by atoms with Crippen LogP contribution in [0.25, 0.3) is 6.08 Å². The van der Waals surface area contributed by atoms with Gasteiger partial charge in [-0.25, -0.2) is 0 Å². The van der Waals surface area contributed by atoms with Crippen LogP contribution in [0.3, 0.4) is 0 Å². The van der Waals surface area contributed by atoms with E-state index in [0.29, 0.717) is 5.75 Å². The molecule has 1 aliphatic carbocycles. The Hall–Kier alpha value is -2.46. The van der Waals surface area contributed by atoms with Crippen LogP contribution in [0.5, 0.6) is 17.2 Å². The SMILES string of the molecule is CC1(C)C=Cc2cc3c(cc2O1)CC1c2ccc(O)cc2OCC31O. The summed E-state index contributed by atoms with van der Waals surface area (Å²) in [6.07, 6.45) is 4.83. The average molecular weight is 336 g/mol. The normalized spacial score (nSPS) is 27.4. The van der Waals surface area contributed by atoms with E-state index in [-0.39, 0.29) is 23.9 Å². The molecule has 2 atom stereocenters. The van der Waals surface area contributed by atoms with Crippen molar-refractivity contribution in [1.29, 1.82) is 0 Å². The van der Waals surface area contributed by atoms with E-state index in [1.54, 1.807) is 12.1 Å². The quantitative estimate of drug-likeness (QED) is 0.773. The van der Waals surface area contributed by atoms with Crippen LogP contribution in [0, 0.1) is 0 Å². The molecule has 2 unspecified atom stereocenters. The molecule has 0 fully saturated rings. The molecule has 0 aromatic heterocycles. The van der Waals surface area contributed by atoms with Gasteiger partial charge in [-0.15, -0.1) is 0 Å². The van der Waals surface area contributed by atoms with Crippen molar-refractivity contribution < 1.29 is 19.7 Å². The van der Waals surface area contributed by atoms with E-state index < -0.39 is 5.60 Å². The molecule has 0 saturated carbocycles. The molecule has 2 N–H and O–H groups in total. The maximum Gasteiger partial charge on any atom is 0.131 e. The van der Waals surface area contributed by atoms with E-state index in [0.717, 1.165) is 34.4 Å². The van der Waals surface area contributed by atoms with Gasteiger partial charge < -0.3 is 19.7 Å². The van der Waals surface area contributed by atoms with E-state index in [1.165, 1.54) is 0 Å². The van der Waals surface area contributed by atoms with Crippen molar-refractivity contribution in [2.75, 3.05) is 6.61 Å². The van der Waals surface area contributed by atoms with Gasteiger partial charge in [0.25, 0.3) is 0 Å². The topological polar surface area (TPSA) is 58.9 Å². The number of phenolic OH excluding ortho intramolecular Hbond substituents is 1. The lowest BCUT2D eigenvalue weighted by Crippen LogP contribution is -2.40. The highest BCUT2D eigenvalue weighted by Crippen LogP contribution is 2.54. The molecule has 2 heterocycles. The number of hydrogen-bond donors (Lipinski definition) is 2. The van der Waals surface area contributed by atoms with Crippen molar-refractivity contribution in [3.63, 3.8) is 0 Å². The standard InChI is InChI=1S/C21H20O4/c1-20(2)6-5-12-7-16-13(9-18(12)25-20)8-17-15-4-3-14(22)10-19(15)24-11-21(16,17)23/h3-7,9-10,17,22-23H,8,11H2,1-2H3. The lowest BCUT2D eigenvalue weighted by molar-refractivity contribution is -0.0377. The Kier molecular flexibility index (Phi) is 2.72. The first-order valence-electron chi connectivity index (χ1n) is 8.59. The van der Waals surface area contributed by atoms with Gasteiger partial charge >= 0.3 is 0 Å². The molecule has 25 heavy (non-hydrogen) atoms. The van der Waals surface area contributed by atoms with E-state index >= 15 is 0 Å². The summed E-state index contributed by atoms with van der Waals surface area (Å²) < 4.78 is 11.9. The first kappa shape index (κ1) is 14.8. The third kappa shape index (κ3) is 2.04. The molecular weight excluding hydrogens is 316 g/mol. The molecule has 0 bridgehead atoms. The molecule has 4 heteroatoms. The zero-order valence-electron chi connectivity index (χ0n) is 14.2. The molecule has 0 saturated heterocycles. The molecule has 2 aliphatic heterocycles. The largest absolute Gasteiger partial charge is 0.508 e. The average Bonchev–Trinajstić information content (AvgIpc) is 2.84. The number of benzene rings is 2. The van der Waals surface area contributed by atoms with Crippen LogP contribution in [0.15, 0.2) is 36.4 Å². The van der Waals surface area contributed by atoms with Crippen molar-refractivity contribution in [2.24, 2.45) is 0 Å². The number of rotatable bonds is 0. The molecule has 0 spiro atoms. The second-order valence-electron chi connectivity index (χ2n) is 7.78. The molecule has 2 aromatic carbocycles. The fourth-order valence-electron chi connectivity index (χ4n) is 4.28. The Morgan fingerprint density at radius 1 is 1.12 bits per heavy atom. The number of hydrogen-bond acceptors (Lipinski definition) is 4. The van der Waals surface area contributed by atoms with Crippen molar-refractivity contribution >= 4 is 6.08 Å². The van der Waals surface area contributed by atoms with Gasteiger partial charge in [0.1, 0.15) is 35.1 Å². The molecule has 128 valence electrons. The maximum atomic E-state index is 11.4.